The average molecular weight is 341 g/mol. The Labute approximate surface area is 145 Å². The first-order valence-electron chi connectivity index (χ1n) is 7.90. The minimum atomic E-state index is -0.669. The maximum Gasteiger partial charge on any atom is 0.319 e. The van der Waals surface area contributed by atoms with Crippen molar-refractivity contribution in [2.75, 3.05) is 12.1 Å². The van der Waals surface area contributed by atoms with Gasteiger partial charge in [-0.2, -0.15) is 0 Å². The minimum absolute atomic E-state index is 0.211. The van der Waals surface area contributed by atoms with Crippen LogP contribution >= 0.6 is 0 Å². The van der Waals surface area contributed by atoms with Crippen LogP contribution in [-0.4, -0.2) is 24.8 Å². The summed E-state index contributed by atoms with van der Waals surface area (Å²) in [6, 6.07) is 13.4. The SMILES string of the molecule is C[C@H](NC(=O)Nc1ccccc1)C(=O)NCc1ccc2c(c1)OCO2. The van der Waals surface area contributed by atoms with E-state index in [2.05, 4.69) is 16.0 Å². The number of hydrogen-bond donors (Lipinski definition) is 3. The van der Waals surface area contributed by atoms with E-state index >= 15 is 0 Å². The molecular formula is C18H19N3O4. The Morgan fingerprint density at radius 1 is 1.08 bits per heavy atom. The first-order valence-corrected chi connectivity index (χ1v) is 7.90. The lowest BCUT2D eigenvalue weighted by atomic mass is 10.2. The number of benzene rings is 2. The van der Waals surface area contributed by atoms with E-state index in [-0.39, 0.29) is 12.7 Å². The van der Waals surface area contributed by atoms with Crippen LogP contribution < -0.4 is 25.4 Å². The van der Waals surface area contributed by atoms with Gasteiger partial charge in [0.2, 0.25) is 12.7 Å². The number of para-hydroxylation sites is 1. The monoisotopic (exact) mass is 341 g/mol. The van der Waals surface area contributed by atoms with Crippen molar-refractivity contribution in [3.63, 3.8) is 0 Å². The van der Waals surface area contributed by atoms with Gasteiger partial charge in [0, 0.05) is 12.2 Å². The molecule has 7 nitrogen and oxygen atoms in total. The third-order valence-corrected chi connectivity index (χ3v) is 3.68. The van der Waals surface area contributed by atoms with Crippen LogP contribution in [0.3, 0.4) is 0 Å². The lowest BCUT2D eigenvalue weighted by Crippen LogP contribution is -2.46. The minimum Gasteiger partial charge on any atom is -0.454 e. The summed E-state index contributed by atoms with van der Waals surface area (Å²) in [5.41, 5.74) is 1.55. The van der Waals surface area contributed by atoms with E-state index in [1.54, 1.807) is 25.1 Å². The van der Waals surface area contributed by atoms with E-state index in [0.717, 1.165) is 5.56 Å². The van der Waals surface area contributed by atoms with E-state index in [4.69, 9.17) is 9.47 Å². The number of carbonyl (C=O) groups is 2. The number of anilines is 1. The Kier molecular flexibility index (Phi) is 5.03. The molecule has 1 aliphatic rings. The van der Waals surface area contributed by atoms with Gasteiger partial charge >= 0.3 is 6.03 Å². The Hall–Kier alpha value is -3.22. The molecule has 2 aromatic rings. The number of amides is 3. The Bertz CT molecular complexity index is 764. The quantitative estimate of drug-likeness (QED) is 0.778. The van der Waals surface area contributed by atoms with Crippen LogP contribution in [0.1, 0.15) is 12.5 Å². The van der Waals surface area contributed by atoms with Gasteiger partial charge in [-0.3, -0.25) is 4.79 Å². The molecule has 1 atom stereocenters. The highest BCUT2D eigenvalue weighted by Gasteiger charge is 2.17. The summed E-state index contributed by atoms with van der Waals surface area (Å²) in [5.74, 6) is 1.09. The van der Waals surface area contributed by atoms with E-state index in [1.165, 1.54) is 0 Å². The van der Waals surface area contributed by atoms with Crippen LogP contribution in [0.5, 0.6) is 11.5 Å². The summed E-state index contributed by atoms with van der Waals surface area (Å²) in [5, 5.41) is 8.05. The van der Waals surface area contributed by atoms with Gasteiger partial charge in [-0.25, -0.2) is 4.79 Å². The predicted molar refractivity (Wildman–Crippen MR) is 92.5 cm³/mol. The first-order chi connectivity index (χ1) is 12.1. The molecule has 7 heteroatoms. The van der Waals surface area contributed by atoms with Crippen LogP contribution in [0.4, 0.5) is 10.5 Å². The highest BCUT2D eigenvalue weighted by atomic mass is 16.7. The molecule has 0 saturated heterocycles. The van der Waals surface area contributed by atoms with Gasteiger partial charge in [0.05, 0.1) is 0 Å². The normalized spacial score (nSPS) is 13.0. The van der Waals surface area contributed by atoms with Crippen LogP contribution in [-0.2, 0) is 11.3 Å². The Morgan fingerprint density at radius 3 is 2.64 bits per heavy atom. The molecule has 0 aromatic heterocycles. The molecule has 1 heterocycles. The molecule has 0 fully saturated rings. The summed E-state index contributed by atoms with van der Waals surface area (Å²) in [7, 11) is 0. The van der Waals surface area contributed by atoms with Crippen LogP contribution in [0.25, 0.3) is 0 Å². The third kappa shape index (κ3) is 4.41. The highest BCUT2D eigenvalue weighted by molar-refractivity contribution is 5.93. The van der Waals surface area contributed by atoms with E-state index in [0.29, 0.717) is 23.7 Å². The molecule has 3 N–H and O–H groups in total. The zero-order chi connectivity index (χ0) is 17.6. The third-order valence-electron chi connectivity index (χ3n) is 3.68. The van der Waals surface area contributed by atoms with Crippen molar-refractivity contribution in [3.8, 4) is 11.5 Å². The predicted octanol–water partition coefficient (Wildman–Crippen LogP) is 2.24. The van der Waals surface area contributed by atoms with Crippen molar-refractivity contribution in [1.82, 2.24) is 10.6 Å². The zero-order valence-corrected chi connectivity index (χ0v) is 13.7. The standard InChI is InChI=1S/C18H19N3O4/c1-12(20-18(23)21-14-5-3-2-4-6-14)17(22)19-10-13-7-8-15-16(9-13)25-11-24-15/h2-9,12H,10-11H2,1H3,(H,19,22)(H2,20,21,23)/t12-/m0/s1. The van der Waals surface area contributed by atoms with Gasteiger partial charge in [-0.1, -0.05) is 24.3 Å². The fourth-order valence-electron chi connectivity index (χ4n) is 2.34. The fourth-order valence-corrected chi connectivity index (χ4v) is 2.34. The van der Waals surface area contributed by atoms with Crippen molar-refractivity contribution in [2.45, 2.75) is 19.5 Å². The van der Waals surface area contributed by atoms with Crippen LogP contribution in [0.15, 0.2) is 48.5 Å². The Morgan fingerprint density at radius 2 is 1.84 bits per heavy atom. The maximum absolute atomic E-state index is 12.1. The van der Waals surface area contributed by atoms with Gasteiger partial charge in [-0.05, 0) is 36.8 Å². The summed E-state index contributed by atoms with van der Waals surface area (Å²) < 4.78 is 10.5. The molecule has 0 aliphatic carbocycles. The van der Waals surface area contributed by atoms with Crippen molar-refractivity contribution in [1.29, 1.82) is 0 Å². The summed E-state index contributed by atoms with van der Waals surface area (Å²) in [6.07, 6.45) is 0. The topological polar surface area (TPSA) is 88.7 Å². The number of hydrogen-bond acceptors (Lipinski definition) is 4. The smallest absolute Gasteiger partial charge is 0.319 e. The van der Waals surface area contributed by atoms with Gasteiger partial charge in [0.1, 0.15) is 6.04 Å². The molecule has 0 unspecified atom stereocenters. The molecule has 25 heavy (non-hydrogen) atoms. The van der Waals surface area contributed by atoms with E-state index in [9.17, 15) is 9.59 Å². The Balaban J connectivity index is 1.46. The molecule has 2 aromatic carbocycles. The molecule has 3 amide bonds. The summed E-state index contributed by atoms with van der Waals surface area (Å²) in [6.45, 7) is 2.17. The summed E-state index contributed by atoms with van der Waals surface area (Å²) >= 11 is 0. The number of ether oxygens (including phenoxy) is 2. The average Bonchev–Trinajstić information content (AvgIpc) is 3.08. The van der Waals surface area contributed by atoms with E-state index < -0.39 is 12.1 Å². The highest BCUT2D eigenvalue weighted by Crippen LogP contribution is 2.32. The molecule has 130 valence electrons. The van der Waals surface area contributed by atoms with Gasteiger partial charge in [0.25, 0.3) is 0 Å². The van der Waals surface area contributed by atoms with Crippen LogP contribution in [0.2, 0.25) is 0 Å². The largest absolute Gasteiger partial charge is 0.454 e. The molecule has 0 bridgehead atoms. The number of nitrogens with one attached hydrogen (secondary N) is 3. The van der Waals surface area contributed by atoms with Crippen LogP contribution in [0, 0.1) is 0 Å². The number of urea groups is 1. The van der Waals surface area contributed by atoms with Crippen molar-refractivity contribution >= 4 is 17.6 Å². The second kappa shape index (κ2) is 7.57. The van der Waals surface area contributed by atoms with Gasteiger partial charge < -0.3 is 25.4 Å². The lowest BCUT2D eigenvalue weighted by Gasteiger charge is -2.15. The fraction of sp³-hybridized carbons (Fsp3) is 0.222. The molecule has 0 spiro atoms. The van der Waals surface area contributed by atoms with Crippen molar-refractivity contribution < 1.29 is 19.1 Å². The molecule has 3 rings (SSSR count). The number of carbonyl (C=O) groups excluding carboxylic acids is 2. The molecule has 0 saturated carbocycles. The number of fused-ring (bicyclic) bond motifs is 1. The van der Waals surface area contributed by atoms with Gasteiger partial charge in [0.15, 0.2) is 11.5 Å². The molecular weight excluding hydrogens is 322 g/mol. The number of rotatable bonds is 5. The summed E-state index contributed by atoms with van der Waals surface area (Å²) in [4.78, 5) is 24.0. The molecule has 0 radical (unpaired) electrons. The second-order valence-electron chi connectivity index (χ2n) is 5.59. The molecule has 1 aliphatic heterocycles. The second-order valence-corrected chi connectivity index (χ2v) is 5.59. The van der Waals surface area contributed by atoms with Crippen molar-refractivity contribution in [3.05, 3.63) is 54.1 Å². The lowest BCUT2D eigenvalue weighted by molar-refractivity contribution is -0.122. The van der Waals surface area contributed by atoms with Crippen molar-refractivity contribution in [2.24, 2.45) is 0 Å². The van der Waals surface area contributed by atoms with Gasteiger partial charge in [-0.15, -0.1) is 0 Å². The first kappa shape index (κ1) is 16.6. The maximum atomic E-state index is 12.1. The van der Waals surface area contributed by atoms with E-state index in [1.807, 2.05) is 30.3 Å². The zero-order valence-electron chi connectivity index (χ0n) is 13.7.